The molecule has 0 heterocycles. The van der Waals surface area contributed by atoms with Crippen molar-refractivity contribution >= 4 is 5.69 Å². The van der Waals surface area contributed by atoms with Crippen molar-refractivity contribution < 1.29 is 17.9 Å². The standard InChI is InChI=1S/C17H19F3N2O/c1-22(2)10-9-12-3-6-14(7-4-12)23-16-8-5-13(11-15(16)21)17(18,19)20/h3-8,11H,9-10,21H2,1-2H3. The molecule has 124 valence electrons. The Morgan fingerprint density at radius 1 is 1.04 bits per heavy atom. The number of nitrogen functional groups attached to an aromatic ring is 1. The first-order chi connectivity index (χ1) is 10.8. The van der Waals surface area contributed by atoms with Gasteiger partial charge in [-0.2, -0.15) is 13.2 Å². The van der Waals surface area contributed by atoms with E-state index >= 15 is 0 Å². The first-order valence-electron chi connectivity index (χ1n) is 7.14. The number of halogens is 3. The highest BCUT2D eigenvalue weighted by Crippen LogP contribution is 2.35. The molecule has 3 nitrogen and oxygen atoms in total. The topological polar surface area (TPSA) is 38.5 Å². The number of rotatable bonds is 5. The van der Waals surface area contributed by atoms with Crippen molar-refractivity contribution in [2.75, 3.05) is 26.4 Å². The van der Waals surface area contributed by atoms with Crippen molar-refractivity contribution in [1.82, 2.24) is 4.90 Å². The van der Waals surface area contributed by atoms with Crippen LogP contribution in [0.5, 0.6) is 11.5 Å². The molecule has 6 heteroatoms. The number of ether oxygens (including phenoxy) is 1. The van der Waals surface area contributed by atoms with Crippen LogP contribution in [-0.2, 0) is 12.6 Å². The van der Waals surface area contributed by atoms with Gasteiger partial charge in [-0.15, -0.1) is 0 Å². The van der Waals surface area contributed by atoms with E-state index in [4.69, 9.17) is 10.5 Å². The lowest BCUT2D eigenvalue weighted by molar-refractivity contribution is -0.137. The molecule has 0 unspecified atom stereocenters. The third-order valence-electron chi connectivity index (χ3n) is 3.34. The molecule has 2 aromatic carbocycles. The summed E-state index contributed by atoms with van der Waals surface area (Å²) in [5.41, 5.74) is 5.97. The zero-order chi connectivity index (χ0) is 17.0. The summed E-state index contributed by atoms with van der Waals surface area (Å²) in [6.45, 7) is 0.937. The van der Waals surface area contributed by atoms with Crippen molar-refractivity contribution in [2.24, 2.45) is 0 Å². The predicted octanol–water partition coefficient (Wildman–Crippen LogP) is 4.18. The Hall–Kier alpha value is -2.21. The molecule has 2 aromatic rings. The van der Waals surface area contributed by atoms with E-state index in [1.807, 2.05) is 26.2 Å². The van der Waals surface area contributed by atoms with Crippen molar-refractivity contribution in [3.63, 3.8) is 0 Å². The number of anilines is 1. The number of likely N-dealkylation sites (N-methyl/N-ethyl adjacent to an activating group) is 1. The molecular formula is C17H19F3N2O. The van der Waals surface area contributed by atoms with E-state index in [0.717, 1.165) is 30.7 Å². The smallest absolute Gasteiger partial charge is 0.416 e. The van der Waals surface area contributed by atoms with Crippen LogP contribution in [0.3, 0.4) is 0 Å². The van der Waals surface area contributed by atoms with Gasteiger partial charge in [0.05, 0.1) is 11.3 Å². The average Bonchev–Trinajstić information content (AvgIpc) is 2.47. The average molecular weight is 324 g/mol. The van der Waals surface area contributed by atoms with Crippen LogP contribution in [0.1, 0.15) is 11.1 Å². The van der Waals surface area contributed by atoms with E-state index in [-0.39, 0.29) is 11.4 Å². The van der Waals surface area contributed by atoms with Gasteiger partial charge >= 0.3 is 6.18 Å². The van der Waals surface area contributed by atoms with Crippen molar-refractivity contribution in [3.05, 3.63) is 53.6 Å². The van der Waals surface area contributed by atoms with Gasteiger partial charge in [-0.1, -0.05) is 12.1 Å². The Bertz CT molecular complexity index is 652. The number of hydrogen-bond acceptors (Lipinski definition) is 3. The Balaban J connectivity index is 2.07. The Morgan fingerprint density at radius 3 is 2.22 bits per heavy atom. The van der Waals surface area contributed by atoms with Crippen LogP contribution in [0, 0.1) is 0 Å². The maximum atomic E-state index is 12.6. The molecule has 0 atom stereocenters. The summed E-state index contributed by atoms with van der Waals surface area (Å²) in [5.74, 6) is 0.740. The molecule has 23 heavy (non-hydrogen) atoms. The molecule has 0 radical (unpaired) electrons. The first kappa shape index (κ1) is 17.1. The number of hydrogen-bond donors (Lipinski definition) is 1. The quantitative estimate of drug-likeness (QED) is 0.838. The second kappa shape index (κ2) is 6.91. The van der Waals surface area contributed by atoms with Gasteiger partial charge in [-0.05, 0) is 56.4 Å². The zero-order valence-corrected chi connectivity index (χ0v) is 13.0. The molecule has 0 aliphatic rings. The summed E-state index contributed by atoms with van der Waals surface area (Å²) in [4.78, 5) is 2.09. The summed E-state index contributed by atoms with van der Waals surface area (Å²) in [6, 6.07) is 10.5. The number of nitrogens with zero attached hydrogens (tertiary/aromatic N) is 1. The van der Waals surface area contributed by atoms with Crippen LogP contribution in [-0.4, -0.2) is 25.5 Å². The third-order valence-corrected chi connectivity index (χ3v) is 3.34. The molecular weight excluding hydrogens is 305 g/mol. The van der Waals surface area contributed by atoms with Crippen LogP contribution < -0.4 is 10.5 Å². The lowest BCUT2D eigenvalue weighted by Gasteiger charge is -2.13. The minimum atomic E-state index is -4.42. The molecule has 0 spiro atoms. The molecule has 2 rings (SSSR count). The van der Waals surface area contributed by atoms with Crippen LogP contribution >= 0.6 is 0 Å². The van der Waals surface area contributed by atoms with Gasteiger partial charge in [0.2, 0.25) is 0 Å². The van der Waals surface area contributed by atoms with Crippen LogP contribution in [0.4, 0.5) is 18.9 Å². The molecule has 0 saturated carbocycles. The number of nitrogens with two attached hydrogens (primary N) is 1. The van der Waals surface area contributed by atoms with Gasteiger partial charge in [0, 0.05) is 6.54 Å². The van der Waals surface area contributed by atoms with Gasteiger partial charge in [0.25, 0.3) is 0 Å². The number of benzene rings is 2. The monoisotopic (exact) mass is 324 g/mol. The van der Waals surface area contributed by atoms with E-state index in [9.17, 15) is 13.2 Å². The minimum Gasteiger partial charge on any atom is -0.455 e. The van der Waals surface area contributed by atoms with E-state index in [1.165, 1.54) is 6.07 Å². The molecule has 0 aliphatic heterocycles. The normalized spacial score (nSPS) is 11.7. The molecule has 0 aromatic heterocycles. The van der Waals surface area contributed by atoms with Crippen LogP contribution in [0.2, 0.25) is 0 Å². The molecule has 0 aliphatic carbocycles. The molecule has 0 amide bonds. The van der Waals surface area contributed by atoms with Crippen LogP contribution in [0.25, 0.3) is 0 Å². The predicted molar refractivity (Wildman–Crippen MR) is 84.6 cm³/mol. The lowest BCUT2D eigenvalue weighted by atomic mass is 10.1. The molecule has 0 fully saturated rings. The van der Waals surface area contributed by atoms with E-state index in [1.54, 1.807) is 12.1 Å². The Labute approximate surface area is 133 Å². The Kier molecular flexibility index (Phi) is 5.15. The summed E-state index contributed by atoms with van der Waals surface area (Å²) in [5, 5.41) is 0. The fraction of sp³-hybridized carbons (Fsp3) is 0.294. The highest BCUT2D eigenvalue weighted by atomic mass is 19.4. The van der Waals surface area contributed by atoms with Gasteiger partial charge in [-0.25, -0.2) is 0 Å². The summed E-state index contributed by atoms with van der Waals surface area (Å²) in [7, 11) is 4.01. The van der Waals surface area contributed by atoms with Gasteiger partial charge in [0.1, 0.15) is 11.5 Å². The third kappa shape index (κ3) is 4.89. The fourth-order valence-corrected chi connectivity index (χ4v) is 2.02. The summed E-state index contributed by atoms with van der Waals surface area (Å²) < 4.78 is 43.4. The molecule has 2 N–H and O–H groups in total. The van der Waals surface area contributed by atoms with Crippen LogP contribution in [0.15, 0.2) is 42.5 Å². The summed E-state index contributed by atoms with van der Waals surface area (Å²) >= 11 is 0. The molecule has 0 saturated heterocycles. The maximum Gasteiger partial charge on any atom is 0.416 e. The largest absolute Gasteiger partial charge is 0.455 e. The summed E-state index contributed by atoms with van der Waals surface area (Å²) in [6.07, 6.45) is -3.50. The van der Waals surface area contributed by atoms with Gasteiger partial charge in [-0.3, -0.25) is 0 Å². The minimum absolute atomic E-state index is 0.0449. The van der Waals surface area contributed by atoms with Crippen molar-refractivity contribution in [2.45, 2.75) is 12.6 Å². The van der Waals surface area contributed by atoms with Gasteiger partial charge in [0.15, 0.2) is 0 Å². The van der Waals surface area contributed by atoms with E-state index < -0.39 is 11.7 Å². The SMILES string of the molecule is CN(C)CCc1ccc(Oc2ccc(C(F)(F)F)cc2N)cc1. The fourth-order valence-electron chi connectivity index (χ4n) is 2.02. The van der Waals surface area contributed by atoms with E-state index in [2.05, 4.69) is 4.90 Å². The number of alkyl halides is 3. The highest BCUT2D eigenvalue weighted by molar-refractivity contribution is 5.56. The lowest BCUT2D eigenvalue weighted by Crippen LogP contribution is -2.14. The first-order valence-corrected chi connectivity index (χ1v) is 7.14. The highest BCUT2D eigenvalue weighted by Gasteiger charge is 2.30. The molecule has 0 bridgehead atoms. The zero-order valence-electron chi connectivity index (χ0n) is 13.0. The second-order valence-corrected chi connectivity index (χ2v) is 5.55. The van der Waals surface area contributed by atoms with Gasteiger partial charge < -0.3 is 15.4 Å². The maximum absolute atomic E-state index is 12.6. The Morgan fingerprint density at radius 2 is 1.70 bits per heavy atom. The van der Waals surface area contributed by atoms with E-state index in [0.29, 0.717) is 5.75 Å². The van der Waals surface area contributed by atoms with Crippen molar-refractivity contribution in [1.29, 1.82) is 0 Å². The van der Waals surface area contributed by atoms with Crippen molar-refractivity contribution in [3.8, 4) is 11.5 Å². The second-order valence-electron chi connectivity index (χ2n) is 5.55.